The van der Waals surface area contributed by atoms with Gasteiger partial charge >= 0.3 is 0 Å². The van der Waals surface area contributed by atoms with Crippen LogP contribution in [0.1, 0.15) is 11.3 Å². The molecule has 2 amide bonds. The predicted molar refractivity (Wildman–Crippen MR) is 117 cm³/mol. The molecule has 146 valence electrons. The Kier molecular flexibility index (Phi) is 5.74. The maximum atomic E-state index is 12.7. The van der Waals surface area contributed by atoms with Crippen molar-refractivity contribution in [3.05, 3.63) is 85.9 Å². The highest BCUT2D eigenvalue weighted by atomic mass is 35.5. The molecule has 2 heterocycles. The lowest BCUT2D eigenvalue weighted by molar-refractivity contribution is -0.123. The Morgan fingerprint density at radius 2 is 1.76 bits per heavy atom. The zero-order chi connectivity index (χ0) is 20.5. The number of hydrogen-bond donors (Lipinski definition) is 0. The Morgan fingerprint density at radius 1 is 0.966 bits per heavy atom. The van der Waals surface area contributed by atoms with Crippen LogP contribution in [0.25, 0.3) is 17.4 Å². The summed E-state index contributed by atoms with van der Waals surface area (Å²) in [5.41, 5.74) is 1.39. The van der Waals surface area contributed by atoms with Crippen molar-refractivity contribution in [1.82, 2.24) is 4.90 Å². The fraction of sp³-hybridized carbons (Fsp3) is 0.0476. The smallest absolute Gasteiger partial charge is 0.293 e. The van der Waals surface area contributed by atoms with Gasteiger partial charge in [-0.05, 0) is 53.7 Å². The maximum Gasteiger partial charge on any atom is 0.293 e. The Labute approximate surface area is 186 Å². The van der Waals surface area contributed by atoms with Crippen molar-refractivity contribution in [2.24, 2.45) is 0 Å². The van der Waals surface area contributed by atoms with Crippen LogP contribution in [0.4, 0.5) is 4.79 Å². The van der Waals surface area contributed by atoms with Crippen LogP contribution in [0.15, 0.2) is 63.9 Å². The van der Waals surface area contributed by atoms with E-state index < -0.39 is 0 Å². The third-order valence-electron chi connectivity index (χ3n) is 4.26. The van der Waals surface area contributed by atoms with Gasteiger partial charge in [0.15, 0.2) is 0 Å². The average molecular weight is 465 g/mol. The van der Waals surface area contributed by atoms with Crippen molar-refractivity contribution in [3.8, 4) is 11.3 Å². The third-order valence-corrected chi connectivity index (χ3v) is 6.08. The summed E-state index contributed by atoms with van der Waals surface area (Å²) in [6.07, 6.45) is 1.55. The number of nitrogens with zero attached hydrogens (tertiary/aromatic N) is 1. The second kappa shape index (κ2) is 8.28. The van der Waals surface area contributed by atoms with Crippen LogP contribution in [-0.4, -0.2) is 16.0 Å². The number of hydrogen-bond acceptors (Lipinski definition) is 4. The lowest BCUT2D eigenvalue weighted by Gasteiger charge is -2.13. The summed E-state index contributed by atoms with van der Waals surface area (Å²) in [5, 5.41) is 1.14. The summed E-state index contributed by atoms with van der Waals surface area (Å²) in [5.74, 6) is 0.588. The predicted octanol–water partition coefficient (Wildman–Crippen LogP) is 7.14. The minimum absolute atomic E-state index is 0.117. The quantitative estimate of drug-likeness (QED) is 0.385. The summed E-state index contributed by atoms with van der Waals surface area (Å²) in [6, 6.07) is 15.7. The molecule has 4 rings (SSSR count). The first-order chi connectivity index (χ1) is 13.9. The van der Waals surface area contributed by atoms with E-state index in [1.807, 2.05) is 6.07 Å². The van der Waals surface area contributed by atoms with Crippen molar-refractivity contribution in [1.29, 1.82) is 0 Å². The minimum atomic E-state index is -0.387. The molecule has 1 saturated heterocycles. The molecule has 2 aromatic carbocycles. The standard InChI is InChI=1S/C21H12Cl3NO3S/c22-13-5-7-15(17(24)9-13)18-8-6-14(28-18)10-19-20(26)25(21(27)29-19)11-12-3-1-2-4-16(12)23/h1-10H,11H2/b19-10+. The molecule has 3 aromatic rings. The summed E-state index contributed by atoms with van der Waals surface area (Å²) >= 11 is 19.1. The van der Waals surface area contributed by atoms with Gasteiger partial charge < -0.3 is 4.42 Å². The van der Waals surface area contributed by atoms with Crippen molar-refractivity contribution >= 4 is 63.8 Å². The molecule has 1 aliphatic heterocycles. The highest BCUT2D eigenvalue weighted by molar-refractivity contribution is 8.18. The van der Waals surface area contributed by atoms with Crippen LogP contribution in [0.5, 0.6) is 0 Å². The topological polar surface area (TPSA) is 50.5 Å². The monoisotopic (exact) mass is 463 g/mol. The number of carbonyl (C=O) groups is 2. The third kappa shape index (κ3) is 4.23. The molecule has 1 aliphatic rings. The van der Waals surface area contributed by atoms with Crippen molar-refractivity contribution in [2.75, 3.05) is 0 Å². The highest BCUT2D eigenvalue weighted by Crippen LogP contribution is 2.36. The first-order valence-corrected chi connectivity index (χ1v) is 10.4. The van der Waals surface area contributed by atoms with Crippen molar-refractivity contribution in [3.63, 3.8) is 0 Å². The fourth-order valence-corrected chi connectivity index (χ4v) is 4.34. The van der Waals surface area contributed by atoms with Crippen LogP contribution >= 0.6 is 46.6 Å². The Hall–Kier alpha value is -2.18. The molecule has 0 radical (unpaired) electrons. The van der Waals surface area contributed by atoms with Gasteiger partial charge in [-0.2, -0.15) is 0 Å². The molecule has 0 spiro atoms. The lowest BCUT2D eigenvalue weighted by atomic mass is 10.2. The van der Waals surface area contributed by atoms with Gasteiger partial charge in [0, 0.05) is 21.7 Å². The van der Waals surface area contributed by atoms with E-state index in [1.165, 1.54) is 0 Å². The number of carbonyl (C=O) groups excluding carboxylic acids is 2. The SMILES string of the molecule is O=C1S/C(=C/c2ccc(-c3ccc(Cl)cc3Cl)o2)C(=O)N1Cc1ccccc1Cl. The molecule has 8 heteroatoms. The Morgan fingerprint density at radius 3 is 2.52 bits per heavy atom. The highest BCUT2D eigenvalue weighted by Gasteiger charge is 2.35. The van der Waals surface area contributed by atoms with Crippen LogP contribution < -0.4 is 0 Å². The van der Waals surface area contributed by atoms with Crippen LogP contribution in [0.3, 0.4) is 0 Å². The molecule has 0 aliphatic carbocycles. The van der Waals surface area contributed by atoms with Crippen molar-refractivity contribution < 1.29 is 14.0 Å². The Bertz CT molecular complexity index is 1160. The van der Waals surface area contributed by atoms with Gasteiger partial charge in [-0.3, -0.25) is 14.5 Å². The zero-order valence-corrected chi connectivity index (χ0v) is 17.8. The Balaban J connectivity index is 1.56. The molecular weight excluding hydrogens is 453 g/mol. The molecule has 0 atom stereocenters. The van der Waals surface area contributed by atoms with Gasteiger partial charge in [-0.15, -0.1) is 0 Å². The minimum Gasteiger partial charge on any atom is -0.457 e. The van der Waals surface area contributed by atoms with E-state index in [9.17, 15) is 9.59 Å². The normalized spacial score (nSPS) is 15.6. The summed E-state index contributed by atoms with van der Waals surface area (Å²) < 4.78 is 5.79. The lowest BCUT2D eigenvalue weighted by Crippen LogP contribution is -2.27. The van der Waals surface area contributed by atoms with Gasteiger partial charge in [0.1, 0.15) is 11.5 Å². The summed E-state index contributed by atoms with van der Waals surface area (Å²) in [7, 11) is 0. The average Bonchev–Trinajstić information content (AvgIpc) is 3.24. The van der Waals surface area contributed by atoms with Gasteiger partial charge in [-0.25, -0.2) is 0 Å². The van der Waals surface area contributed by atoms with Crippen LogP contribution in [0.2, 0.25) is 15.1 Å². The second-order valence-electron chi connectivity index (χ2n) is 6.19. The van der Waals surface area contributed by atoms with Crippen LogP contribution in [-0.2, 0) is 11.3 Å². The van der Waals surface area contributed by atoms with Gasteiger partial charge in [0.25, 0.3) is 11.1 Å². The van der Waals surface area contributed by atoms with Gasteiger partial charge in [0.2, 0.25) is 0 Å². The molecule has 4 nitrogen and oxygen atoms in total. The molecule has 1 aromatic heterocycles. The maximum absolute atomic E-state index is 12.7. The molecule has 0 unspecified atom stereocenters. The molecule has 1 fully saturated rings. The van der Waals surface area contributed by atoms with E-state index in [1.54, 1.807) is 54.6 Å². The van der Waals surface area contributed by atoms with E-state index in [0.29, 0.717) is 37.7 Å². The number of imide groups is 1. The number of amides is 2. The zero-order valence-electron chi connectivity index (χ0n) is 14.7. The molecule has 29 heavy (non-hydrogen) atoms. The number of thioether (sulfide) groups is 1. The van der Waals surface area contributed by atoms with Gasteiger partial charge in [-0.1, -0.05) is 53.0 Å². The summed E-state index contributed by atoms with van der Waals surface area (Å²) in [6.45, 7) is 0.117. The first kappa shape index (κ1) is 20.1. The number of rotatable bonds is 4. The number of halogens is 3. The van der Waals surface area contributed by atoms with Crippen molar-refractivity contribution in [2.45, 2.75) is 6.54 Å². The molecule has 0 bridgehead atoms. The number of benzene rings is 2. The van der Waals surface area contributed by atoms with Crippen LogP contribution in [0, 0.1) is 0 Å². The van der Waals surface area contributed by atoms with E-state index in [0.717, 1.165) is 16.7 Å². The van der Waals surface area contributed by atoms with E-state index in [-0.39, 0.29) is 22.6 Å². The summed E-state index contributed by atoms with van der Waals surface area (Å²) in [4.78, 5) is 26.5. The molecular formula is C21H12Cl3NO3S. The van der Waals surface area contributed by atoms with E-state index >= 15 is 0 Å². The fourth-order valence-electron chi connectivity index (χ4n) is 2.83. The largest absolute Gasteiger partial charge is 0.457 e. The number of furan rings is 1. The van der Waals surface area contributed by atoms with Gasteiger partial charge in [0.05, 0.1) is 16.5 Å². The molecule has 0 saturated carbocycles. The first-order valence-electron chi connectivity index (χ1n) is 8.46. The second-order valence-corrected chi connectivity index (χ2v) is 8.43. The van der Waals surface area contributed by atoms with E-state index in [2.05, 4.69) is 0 Å². The van der Waals surface area contributed by atoms with E-state index in [4.69, 9.17) is 39.2 Å². The molecule has 0 N–H and O–H groups in total.